The lowest BCUT2D eigenvalue weighted by Crippen LogP contribution is -2.15. The van der Waals surface area contributed by atoms with Crippen molar-refractivity contribution < 1.29 is 4.79 Å². The fourth-order valence-corrected chi connectivity index (χ4v) is 3.46. The quantitative estimate of drug-likeness (QED) is 0.690. The van der Waals surface area contributed by atoms with E-state index in [1.165, 1.54) is 11.3 Å². The predicted octanol–water partition coefficient (Wildman–Crippen LogP) is 2.82. The third-order valence-corrected chi connectivity index (χ3v) is 4.21. The molecule has 0 aliphatic heterocycles. The summed E-state index contributed by atoms with van der Waals surface area (Å²) >= 11 is 1.50. The predicted molar refractivity (Wildman–Crippen MR) is 78.9 cm³/mol. The molecule has 1 aromatic heterocycles. The third kappa shape index (κ3) is 1.81. The molecule has 3 aromatic rings. The number of carbonyl (C=O) groups is 1. The Morgan fingerprint density at radius 1 is 1.16 bits per heavy atom. The summed E-state index contributed by atoms with van der Waals surface area (Å²) in [6.07, 6.45) is 0. The lowest BCUT2D eigenvalue weighted by atomic mass is 10.0. The normalized spacial score (nSPS) is 11.0. The van der Waals surface area contributed by atoms with Crippen LogP contribution in [-0.4, -0.2) is 5.91 Å². The van der Waals surface area contributed by atoms with Crippen molar-refractivity contribution in [1.82, 2.24) is 0 Å². The lowest BCUT2D eigenvalue weighted by molar-refractivity contribution is 0.100. The number of rotatable bonds is 1. The van der Waals surface area contributed by atoms with Crippen LogP contribution in [0.3, 0.4) is 0 Å². The standard InChI is InChI=1S/C15H11NO2S/c1-8-6-10(15(16)18)13-12(7-8)19-11-5-3-2-4-9(11)14(13)17/h2-7H,1H3,(H2,16,18). The van der Waals surface area contributed by atoms with Gasteiger partial charge < -0.3 is 5.73 Å². The fraction of sp³-hybridized carbons (Fsp3) is 0.0667. The molecule has 0 fully saturated rings. The Morgan fingerprint density at radius 3 is 2.63 bits per heavy atom. The Balaban J connectivity index is 2.62. The molecule has 1 heterocycles. The van der Waals surface area contributed by atoms with Gasteiger partial charge in [0.2, 0.25) is 5.91 Å². The number of primary amides is 1. The molecule has 2 N–H and O–H groups in total. The maximum atomic E-state index is 12.5. The minimum absolute atomic E-state index is 0.127. The van der Waals surface area contributed by atoms with Gasteiger partial charge in [-0.2, -0.15) is 0 Å². The highest BCUT2D eigenvalue weighted by Crippen LogP contribution is 2.27. The number of aryl methyl sites for hydroxylation is 1. The van der Waals surface area contributed by atoms with E-state index in [0.29, 0.717) is 16.3 Å². The summed E-state index contributed by atoms with van der Waals surface area (Å²) < 4.78 is 1.72. The van der Waals surface area contributed by atoms with Crippen LogP contribution in [0.2, 0.25) is 0 Å². The summed E-state index contributed by atoms with van der Waals surface area (Å²) in [5.41, 5.74) is 6.49. The number of fused-ring (bicyclic) bond motifs is 2. The topological polar surface area (TPSA) is 60.2 Å². The molecular weight excluding hydrogens is 258 g/mol. The molecule has 0 aliphatic rings. The van der Waals surface area contributed by atoms with Crippen molar-refractivity contribution in [3.8, 4) is 0 Å². The van der Waals surface area contributed by atoms with Crippen molar-refractivity contribution >= 4 is 37.4 Å². The number of hydrogen-bond donors (Lipinski definition) is 1. The number of amides is 1. The first-order valence-corrected chi connectivity index (χ1v) is 6.65. The van der Waals surface area contributed by atoms with Crippen LogP contribution < -0.4 is 11.2 Å². The number of hydrogen-bond acceptors (Lipinski definition) is 3. The van der Waals surface area contributed by atoms with Crippen molar-refractivity contribution in [3.05, 3.63) is 57.7 Å². The van der Waals surface area contributed by atoms with E-state index in [9.17, 15) is 9.59 Å². The molecule has 2 aromatic carbocycles. The minimum atomic E-state index is -0.562. The summed E-state index contributed by atoms with van der Waals surface area (Å²) in [5.74, 6) is -0.562. The molecule has 4 heteroatoms. The summed E-state index contributed by atoms with van der Waals surface area (Å²) in [6.45, 7) is 1.89. The van der Waals surface area contributed by atoms with Crippen molar-refractivity contribution in [1.29, 1.82) is 0 Å². The van der Waals surface area contributed by atoms with Crippen LogP contribution in [0.4, 0.5) is 0 Å². The first kappa shape index (κ1) is 11.9. The smallest absolute Gasteiger partial charge is 0.249 e. The number of benzene rings is 2. The molecule has 0 bridgehead atoms. The maximum absolute atomic E-state index is 12.5. The molecule has 0 atom stereocenters. The van der Waals surface area contributed by atoms with Gasteiger partial charge in [0.05, 0.1) is 10.9 Å². The molecule has 3 rings (SSSR count). The zero-order chi connectivity index (χ0) is 13.6. The highest BCUT2D eigenvalue weighted by Gasteiger charge is 2.13. The van der Waals surface area contributed by atoms with Crippen LogP contribution in [0.5, 0.6) is 0 Å². The van der Waals surface area contributed by atoms with Gasteiger partial charge in [0.25, 0.3) is 0 Å². The SMILES string of the molecule is Cc1cc(C(N)=O)c2c(=O)c3ccccc3sc2c1. The molecule has 0 saturated carbocycles. The van der Waals surface area contributed by atoms with Gasteiger partial charge in [0.15, 0.2) is 5.43 Å². The molecule has 0 spiro atoms. The van der Waals surface area contributed by atoms with E-state index >= 15 is 0 Å². The highest BCUT2D eigenvalue weighted by molar-refractivity contribution is 7.24. The third-order valence-electron chi connectivity index (χ3n) is 3.09. The van der Waals surface area contributed by atoms with Gasteiger partial charge in [-0.05, 0) is 36.8 Å². The van der Waals surface area contributed by atoms with E-state index in [0.717, 1.165) is 15.0 Å². The highest BCUT2D eigenvalue weighted by atomic mass is 32.1. The zero-order valence-electron chi connectivity index (χ0n) is 10.3. The van der Waals surface area contributed by atoms with Gasteiger partial charge in [0.1, 0.15) is 0 Å². The molecular formula is C15H11NO2S. The van der Waals surface area contributed by atoms with E-state index in [-0.39, 0.29) is 5.43 Å². The summed E-state index contributed by atoms with van der Waals surface area (Å²) in [4.78, 5) is 24.1. The molecule has 0 radical (unpaired) electrons. The Kier molecular flexibility index (Phi) is 2.61. The van der Waals surface area contributed by atoms with Gasteiger partial charge in [-0.1, -0.05) is 12.1 Å². The Hall–Kier alpha value is -2.20. The fourth-order valence-electron chi connectivity index (χ4n) is 2.26. The molecule has 0 aliphatic carbocycles. The molecule has 1 amide bonds. The average Bonchev–Trinajstić information content (AvgIpc) is 2.37. The molecule has 0 saturated heterocycles. The second-order valence-corrected chi connectivity index (χ2v) is 5.56. The zero-order valence-corrected chi connectivity index (χ0v) is 11.1. The summed E-state index contributed by atoms with van der Waals surface area (Å²) in [6, 6.07) is 11.0. The monoisotopic (exact) mass is 269 g/mol. The Morgan fingerprint density at radius 2 is 1.89 bits per heavy atom. The van der Waals surface area contributed by atoms with Crippen LogP contribution in [-0.2, 0) is 0 Å². The van der Waals surface area contributed by atoms with Crippen LogP contribution in [0.15, 0.2) is 41.2 Å². The lowest BCUT2D eigenvalue weighted by Gasteiger charge is -2.06. The van der Waals surface area contributed by atoms with Crippen LogP contribution in [0.25, 0.3) is 20.2 Å². The Labute approximate surface area is 113 Å². The largest absolute Gasteiger partial charge is 0.366 e. The van der Waals surface area contributed by atoms with E-state index in [2.05, 4.69) is 0 Å². The maximum Gasteiger partial charge on any atom is 0.249 e. The second-order valence-electron chi connectivity index (χ2n) is 4.48. The van der Waals surface area contributed by atoms with Crippen molar-refractivity contribution in [3.63, 3.8) is 0 Å². The van der Waals surface area contributed by atoms with Crippen molar-refractivity contribution in [2.75, 3.05) is 0 Å². The van der Waals surface area contributed by atoms with E-state index in [1.54, 1.807) is 12.1 Å². The molecule has 94 valence electrons. The van der Waals surface area contributed by atoms with Crippen LogP contribution >= 0.6 is 11.3 Å². The first-order chi connectivity index (χ1) is 9.08. The van der Waals surface area contributed by atoms with Crippen LogP contribution in [0, 0.1) is 6.92 Å². The van der Waals surface area contributed by atoms with Crippen LogP contribution in [0.1, 0.15) is 15.9 Å². The van der Waals surface area contributed by atoms with E-state index in [4.69, 9.17) is 5.73 Å². The molecule has 19 heavy (non-hydrogen) atoms. The number of nitrogens with two attached hydrogens (primary N) is 1. The second kappa shape index (κ2) is 4.17. The van der Waals surface area contributed by atoms with E-state index < -0.39 is 5.91 Å². The summed E-state index contributed by atoms with van der Waals surface area (Å²) in [5, 5.41) is 1.06. The van der Waals surface area contributed by atoms with Gasteiger partial charge in [0, 0.05) is 14.8 Å². The number of carbonyl (C=O) groups excluding carboxylic acids is 1. The van der Waals surface area contributed by atoms with Gasteiger partial charge >= 0.3 is 0 Å². The summed E-state index contributed by atoms with van der Waals surface area (Å²) in [7, 11) is 0. The van der Waals surface area contributed by atoms with Gasteiger partial charge in [-0.25, -0.2) is 0 Å². The minimum Gasteiger partial charge on any atom is -0.366 e. The average molecular weight is 269 g/mol. The van der Waals surface area contributed by atoms with Gasteiger partial charge in [-0.15, -0.1) is 11.3 Å². The van der Waals surface area contributed by atoms with Crippen molar-refractivity contribution in [2.24, 2.45) is 5.73 Å². The Bertz CT molecular complexity index is 880. The molecule has 3 nitrogen and oxygen atoms in total. The van der Waals surface area contributed by atoms with E-state index in [1.807, 2.05) is 31.2 Å². The van der Waals surface area contributed by atoms with Gasteiger partial charge in [-0.3, -0.25) is 9.59 Å². The first-order valence-electron chi connectivity index (χ1n) is 5.84. The molecule has 0 unspecified atom stereocenters. The van der Waals surface area contributed by atoms with Crippen molar-refractivity contribution in [2.45, 2.75) is 6.92 Å².